The van der Waals surface area contributed by atoms with Crippen LogP contribution in [-0.2, 0) is 4.74 Å². The molecule has 2 rings (SSSR count). The van der Waals surface area contributed by atoms with E-state index in [-0.39, 0.29) is 11.6 Å². The summed E-state index contributed by atoms with van der Waals surface area (Å²) in [5.74, 6) is 1.93. The van der Waals surface area contributed by atoms with E-state index in [0.717, 1.165) is 31.5 Å². The molecule has 100 valence electrons. The molecule has 1 heterocycles. The quantitative estimate of drug-likeness (QED) is 0.776. The number of aromatic amines is 1. The molecular weight excluding hydrogens is 230 g/mol. The largest absolute Gasteiger partial charge is 0.383 e. The summed E-state index contributed by atoms with van der Waals surface area (Å²) in [6, 6.07) is 1.73. The Hall–Kier alpha value is -1.36. The molecule has 2 N–H and O–H groups in total. The summed E-state index contributed by atoms with van der Waals surface area (Å²) in [7, 11) is 1.69. The van der Waals surface area contributed by atoms with E-state index in [1.807, 2.05) is 0 Å². The molecule has 0 aliphatic heterocycles. The van der Waals surface area contributed by atoms with Crippen LogP contribution in [0.2, 0.25) is 0 Å². The summed E-state index contributed by atoms with van der Waals surface area (Å²) < 4.78 is 5.17. The Balaban J connectivity index is 2.08. The molecule has 0 spiro atoms. The molecule has 1 aromatic rings. The van der Waals surface area contributed by atoms with E-state index in [1.54, 1.807) is 7.11 Å². The van der Waals surface area contributed by atoms with Crippen LogP contribution in [0.3, 0.4) is 0 Å². The Morgan fingerprint density at radius 2 is 2.39 bits per heavy atom. The van der Waals surface area contributed by atoms with Crippen molar-refractivity contribution in [3.8, 4) is 0 Å². The number of methoxy groups -OCH3 is 1. The van der Waals surface area contributed by atoms with Gasteiger partial charge in [0.1, 0.15) is 11.6 Å². The van der Waals surface area contributed by atoms with Crippen molar-refractivity contribution in [3.05, 3.63) is 22.2 Å². The highest BCUT2D eigenvalue weighted by Gasteiger charge is 2.26. The van der Waals surface area contributed by atoms with Crippen molar-refractivity contribution in [1.29, 1.82) is 0 Å². The highest BCUT2D eigenvalue weighted by atomic mass is 16.5. The van der Waals surface area contributed by atoms with Crippen LogP contribution in [0.4, 0.5) is 5.82 Å². The third-order valence-corrected chi connectivity index (χ3v) is 3.08. The number of anilines is 1. The zero-order valence-electron chi connectivity index (χ0n) is 11.0. The number of H-pyrrole nitrogens is 1. The molecule has 1 fully saturated rings. The average Bonchev–Trinajstić information content (AvgIpc) is 3.12. The molecule has 5 heteroatoms. The highest BCUT2D eigenvalue weighted by Crippen LogP contribution is 2.37. The average molecular weight is 251 g/mol. The second-order valence-corrected chi connectivity index (χ2v) is 4.88. The van der Waals surface area contributed by atoms with Gasteiger partial charge in [0.2, 0.25) is 0 Å². The Kier molecular flexibility index (Phi) is 4.36. The Morgan fingerprint density at radius 1 is 1.61 bits per heavy atom. The van der Waals surface area contributed by atoms with Gasteiger partial charge in [0.25, 0.3) is 5.56 Å². The van der Waals surface area contributed by atoms with Gasteiger partial charge in [0.05, 0.1) is 12.6 Å². The molecule has 1 aliphatic carbocycles. The standard InChI is InChI=1S/C13H21N3O2/c1-3-4-10(8-18-2)14-11-7-12(17)16-13(15-11)9-5-6-9/h7,9-10H,3-6,8H2,1-2H3,(H2,14,15,16,17). The normalized spacial score (nSPS) is 16.6. The molecule has 1 unspecified atom stereocenters. The van der Waals surface area contributed by atoms with E-state index in [4.69, 9.17) is 4.74 Å². The molecule has 1 saturated carbocycles. The van der Waals surface area contributed by atoms with Gasteiger partial charge >= 0.3 is 0 Å². The molecule has 0 aromatic carbocycles. The maximum absolute atomic E-state index is 11.6. The molecular formula is C13H21N3O2. The van der Waals surface area contributed by atoms with Crippen LogP contribution < -0.4 is 10.9 Å². The van der Waals surface area contributed by atoms with Crippen molar-refractivity contribution in [2.75, 3.05) is 19.0 Å². The van der Waals surface area contributed by atoms with E-state index < -0.39 is 0 Å². The van der Waals surface area contributed by atoms with Crippen LogP contribution in [-0.4, -0.2) is 29.7 Å². The third-order valence-electron chi connectivity index (χ3n) is 3.08. The summed E-state index contributed by atoms with van der Waals surface area (Å²) in [6.45, 7) is 2.76. The van der Waals surface area contributed by atoms with Crippen molar-refractivity contribution < 1.29 is 4.74 Å². The minimum absolute atomic E-state index is 0.0814. The second kappa shape index (κ2) is 6.00. The molecule has 5 nitrogen and oxygen atoms in total. The van der Waals surface area contributed by atoms with E-state index in [2.05, 4.69) is 22.2 Å². The summed E-state index contributed by atoms with van der Waals surface area (Å²) in [5.41, 5.74) is -0.0814. The number of hydrogen-bond donors (Lipinski definition) is 2. The summed E-state index contributed by atoms with van der Waals surface area (Å²) in [4.78, 5) is 18.9. The molecule has 0 bridgehead atoms. The first-order valence-corrected chi connectivity index (χ1v) is 6.59. The Labute approximate surface area is 107 Å². The monoisotopic (exact) mass is 251 g/mol. The lowest BCUT2D eigenvalue weighted by Crippen LogP contribution is -2.26. The SMILES string of the molecule is CCCC(COC)Nc1cc(=O)[nH]c(C2CC2)n1. The van der Waals surface area contributed by atoms with E-state index in [1.165, 1.54) is 6.07 Å². The van der Waals surface area contributed by atoms with Crippen LogP contribution in [0.15, 0.2) is 10.9 Å². The summed E-state index contributed by atoms with van der Waals surface area (Å²) in [6.07, 6.45) is 4.33. The molecule has 0 amide bonds. The number of rotatable bonds is 7. The van der Waals surface area contributed by atoms with Gasteiger partial charge in [-0.15, -0.1) is 0 Å². The van der Waals surface area contributed by atoms with Gasteiger partial charge in [-0.2, -0.15) is 0 Å². The number of aromatic nitrogens is 2. The van der Waals surface area contributed by atoms with Crippen molar-refractivity contribution >= 4 is 5.82 Å². The van der Waals surface area contributed by atoms with Crippen LogP contribution in [0.1, 0.15) is 44.3 Å². The Bertz CT molecular complexity index is 434. The number of hydrogen-bond acceptors (Lipinski definition) is 4. The van der Waals surface area contributed by atoms with Crippen molar-refractivity contribution in [3.63, 3.8) is 0 Å². The van der Waals surface area contributed by atoms with Gasteiger partial charge in [0.15, 0.2) is 0 Å². The summed E-state index contributed by atoms with van der Waals surface area (Å²) >= 11 is 0. The number of ether oxygens (including phenoxy) is 1. The predicted octanol–water partition coefficient (Wildman–Crippen LogP) is 1.87. The number of nitrogens with one attached hydrogen (secondary N) is 2. The minimum Gasteiger partial charge on any atom is -0.383 e. The highest BCUT2D eigenvalue weighted by molar-refractivity contribution is 5.35. The van der Waals surface area contributed by atoms with E-state index in [0.29, 0.717) is 18.3 Å². The van der Waals surface area contributed by atoms with Crippen molar-refractivity contribution in [1.82, 2.24) is 9.97 Å². The first-order chi connectivity index (χ1) is 8.72. The van der Waals surface area contributed by atoms with Gasteiger partial charge in [-0.25, -0.2) is 4.98 Å². The first kappa shape index (κ1) is 13.1. The second-order valence-electron chi connectivity index (χ2n) is 4.88. The number of nitrogens with zero attached hydrogens (tertiary/aromatic N) is 1. The van der Waals surface area contributed by atoms with Crippen molar-refractivity contribution in [2.24, 2.45) is 0 Å². The smallest absolute Gasteiger partial charge is 0.252 e. The summed E-state index contributed by atoms with van der Waals surface area (Å²) in [5, 5.41) is 3.29. The molecule has 1 aliphatic rings. The first-order valence-electron chi connectivity index (χ1n) is 6.59. The maximum atomic E-state index is 11.6. The van der Waals surface area contributed by atoms with Gasteiger partial charge < -0.3 is 15.0 Å². The van der Waals surface area contributed by atoms with E-state index in [9.17, 15) is 4.79 Å². The minimum atomic E-state index is -0.0814. The van der Waals surface area contributed by atoms with Gasteiger partial charge in [-0.05, 0) is 19.3 Å². The lowest BCUT2D eigenvalue weighted by Gasteiger charge is -2.17. The van der Waals surface area contributed by atoms with Crippen molar-refractivity contribution in [2.45, 2.75) is 44.6 Å². The van der Waals surface area contributed by atoms with Gasteiger partial charge in [-0.3, -0.25) is 4.79 Å². The van der Waals surface area contributed by atoms with Crippen LogP contribution >= 0.6 is 0 Å². The lowest BCUT2D eigenvalue weighted by molar-refractivity contribution is 0.182. The molecule has 1 aromatic heterocycles. The third kappa shape index (κ3) is 3.57. The zero-order valence-corrected chi connectivity index (χ0v) is 11.0. The van der Waals surface area contributed by atoms with Crippen LogP contribution in [0.5, 0.6) is 0 Å². The zero-order chi connectivity index (χ0) is 13.0. The molecule has 0 saturated heterocycles. The van der Waals surface area contributed by atoms with E-state index >= 15 is 0 Å². The van der Waals surface area contributed by atoms with Crippen LogP contribution in [0, 0.1) is 0 Å². The predicted molar refractivity (Wildman–Crippen MR) is 71.0 cm³/mol. The Morgan fingerprint density at radius 3 is 3.00 bits per heavy atom. The fraction of sp³-hybridized carbons (Fsp3) is 0.692. The fourth-order valence-corrected chi connectivity index (χ4v) is 2.06. The molecule has 0 radical (unpaired) electrons. The molecule has 18 heavy (non-hydrogen) atoms. The van der Waals surface area contributed by atoms with Gasteiger partial charge in [-0.1, -0.05) is 13.3 Å². The maximum Gasteiger partial charge on any atom is 0.252 e. The van der Waals surface area contributed by atoms with Crippen LogP contribution in [0.25, 0.3) is 0 Å². The fourth-order valence-electron chi connectivity index (χ4n) is 2.06. The lowest BCUT2D eigenvalue weighted by atomic mass is 10.2. The molecule has 1 atom stereocenters. The van der Waals surface area contributed by atoms with Gasteiger partial charge in [0, 0.05) is 19.1 Å². The topological polar surface area (TPSA) is 67.0 Å².